The molecule has 2 saturated heterocycles. The lowest BCUT2D eigenvalue weighted by Gasteiger charge is -2.27. The van der Waals surface area contributed by atoms with Crippen molar-refractivity contribution in [1.82, 2.24) is 34.7 Å². The summed E-state index contributed by atoms with van der Waals surface area (Å²) >= 11 is 3.45. The number of benzene rings is 4. The zero-order chi connectivity index (χ0) is 75.6. The predicted molar refractivity (Wildman–Crippen MR) is 392 cm³/mol. The van der Waals surface area contributed by atoms with Gasteiger partial charge in [-0.05, 0) is 133 Å². The lowest BCUT2D eigenvalue weighted by molar-refractivity contribution is 0.0695. The number of hydrogen-bond acceptors (Lipinski definition) is 32. The smallest absolute Gasteiger partial charge is 0.425 e. The Kier molecular flexibility index (Phi) is 24.4. The molecule has 7 aromatic rings. The number of amides is 4. The number of imide groups is 2. The van der Waals surface area contributed by atoms with Crippen LogP contribution in [0.3, 0.4) is 0 Å². The number of thioether (sulfide) groups is 1. The zero-order valence-electron chi connectivity index (χ0n) is 57.3. The van der Waals surface area contributed by atoms with Crippen LogP contribution in [0.4, 0.5) is 67.9 Å². The van der Waals surface area contributed by atoms with Crippen molar-refractivity contribution in [1.29, 1.82) is 5.26 Å². The molecule has 0 bridgehead atoms. The fourth-order valence-corrected chi connectivity index (χ4v) is 15.1. The van der Waals surface area contributed by atoms with Crippen molar-refractivity contribution >= 4 is 169 Å². The van der Waals surface area contributed by atoms with Crippen LogP contribution in [-0.4, -0.2) is 169 Å². The zero-order valence-corrected chi connectivity index (χ0v) is 62.2. The number of ether oxygens (including phenoxy) is 2. The van der Waals surface area contributed by atoms with Crippen molar-refractivity contribution in [2.75, 3.05) is 103 Å². The van der Waals surface area contributed by atoms with E-state index in [0.717, 1.165) is 97.6 Å². The summed E-state index contributed by atoms with van der Waals surface area (Å²) in [4.78, 5) is 92.3. The Morgan fingerprint density at radius 1 is 0.619 bits per heavy atom. The maximum atomic E-state index is 13.8. The van der Waals surface area contributed by atoms with Gasteiger partial charge in [0.1, 0.15) is 46.3 Å². The first-order valence-electron chi connectivity index (χ1n) is 32.5. The number of nitrogens with one attached hydrogen (secondary N) is 2. The Morgan fingerprint density at radius 2 is 1.03 bits per heavy atom. The summed E-state index contributed by atoms with van der Waals surface area (Å²) < 4.78 is 105. The molecule has 0 saturated carbocycles. The van der Waals surface area contributed by atoms with Gasteiger partial charge < -0.3 is 44.6 Å². The lowest BCUT2D eigenvalue weighted by Crippen LogP contribution is -2.30. The second kappa shape index (κ2) is 33.4. The van der Waals surface area contributed by atoms with Crippen LogP contribution in [0.5, 0.6) is 11.5 Å². The van der Waals surface area contributed by atoms with Gasteiger partial charge in [0.05, 0.1) is 78.8 Å². The SMILES string of the molecule is O=S(=O)=O.[C-]#[N+]/C(=C\c1sc(N=Nc2cc(OC)c(N(CC)CC)cc2Nc2nc(Nc3cc(N(CC)CC)c(OC)cc3N=Nc3nc(N4CCCCC4)c(/C=C(\C#N)N4C(=O)c5ccc(S(=O)(=O)O)cc5C4=O)s3)nc(SCC)n2)nc1N1CCCCC1)N1C(=O)c2ccc(S(=O)(=O)O)cc2C1=O. The molecule has 3 aromatic heterocycles. The molecule has 34 nitrogen and oxygen atoms in total. The largest absolute Gasteiger partial charge is 0.494 e. The van der Waals surface area contributed by atoms with E-state index in [9.17, 15) is 50.4 Å². The number of methoxy groups -OCH3 is 2. The molecule has 7 heterocycles. The van der Waals surface area contributed by atoms with Crippen LogP contribution < -0.4 is 39.7 Å². The number of rotatable bonds is 26. The number of hydrogen-bond donors (Lipinski definition) is 4. The number of piperidine rings is 2. The van der Waals surface area contributed by atoms with E-state index in [0.29, 0.717) is 129 Å². The number of azo groups is 2. The van der Waals surface area contributed by atoms with Crippen molar-refractivity contribution in [3.8, 4) is 17.6 Å². The summed E-state index contributed by atoms with van der Waals surface area (Å²) in [5, 5.41) is 36.8. The summed E-state index contributed by atoms with van der Waals surface area (Å²) in [7, 11) is -9.50. The van der Waals surface area contributed by atoms with E-state index in [1.54, 1.807) is 19.2 Å². The van der Waals surface area contributed by atoms with Crippen LogP contribution in [0.25, 0.3) is 17.0 Å². The van der Waals surface area contributed by atoms with Crippen LogP contribution in [0, 0.1) is 17.9 Å². The first-order chi connectivity index (χ1) is 50.3. The van der Waals surface area contributed by atoms with Gasteiger partial charge in [0.15, 0.2) is 5.16 Å². The molecule has 2 fully saturated rings. The number of aromatic nitrogens is 5. The number of allylic oxidation sites excluding steroid dienone is 1. The molecule has 0 radical (unpaired) electrons. The number of carbonyl (C=O) groups excluding carboxylic acids is 4. The van der Waals surface area contributed by atoms with Gasteiger partial charge in [0.25, 0.3) is 32.1 Å². The molecule has 4 amide bonds. The first-order valence-corrected chi connectivity index (χ1v) is 39.0. The van der Waals surface area contributed by atoms with Gasteiger partial charge in [0, 0.05) is 64.5 Å². The Hall–Kier alpha value is -10.7. The Bertz CT molecular complexity index is 4870. The second-order valence-electron chi connectivity index (χ2n) is 23.0. The van der Waals surface area contributed by atoms with E-state index in [1.165, 1.54) is 31.0 Å². The quantitative estimate of drug-likeness (QED) is 0.00977. The Labute approximate surface area is 616 Å². The van der Waals surface area contributed by atoms with Crippen LogP contribution in [-0.2, 0) is 30.8 Å². The van der Waals surface area contributed by atoms with Crippen molar-refractivity contribution in [2.45, 2.75) is 88.1 Å². The highest BCUT2D eigenvalue weighted by molar-refractivity contribution is 7.99. The highest BCUT2D eigenvalue weighted by Crippen LogP contribution is 2.46. The standard InChI is InChI=1S/C65H67N19O12S5.O3S/c1-9-79(10-2)48-31-44(46(33-50(48)95-7)75-77-64-70-55(81-24-16-14-17-25-81)52(98-64)28-37(36-66)83-57(85)40-22-20-38(100(89,90)91)29-42(40)59(83)87)68-61-72-62(74-63(73-61)97-13-5)69-45-32-49(80(11-3)12-4)51(96-8)34-47(45)76-78-65-71-56(82-26-18-15-19-27-82)53(99-65)35-54(67-6)84-58(86)41-23-21-39(101(92,93)94)30-43(41)60(84)88;1-4(2)3/h20-23,28-35H,9-19,24-27H2,1-5,7-8H3,(H,89,90,91)(H,92,93,94)(H2,68,69,72,73,74);/b37-28+,54-35+,77-75?,78-76?;. The second-order valence-corrected chi connectivity index (χ2v) is 29.5. The van der Waals surface area contributed by atoms with Gasteiger partial charge in [-0.25, -0.2) is 14.5 Å². The molecule has 11 rings (SSSR count). The summed E-state index contributed by atoms with van der Waals surface area (Å²) in [5.41, 5.74) is 1.44. The number of nitriles is 1. The molecule has 4 aliphatic rings. The minimum Gasteiger partial charge on any atom is -0.494 e. The van der Waals surface area contributed by atoms with Crippen LogP contribution in [0.1, 0.15) is 124 Å². The third kappa shape index (κ3) is 17.2. The van der Waals surface area contributed by atoms with E-state index in [1.807, 2.05) is 62.6 Å². The Morgan fingerprint density at radius 3 is 1.42 bits per heavy atom. The first kappa shape index (κ1) is 76.9. The highest BCUT2D eigenvalue weighted by atomic mass is 32.2. The highest BCUT2D eigenvalue weighted by Gasteiger charge is 2.44. The minimum absolute atomic E-state index is 0.0862. The van der Waals surface area contributed by atoms with Crippen molar-refractivity contribution in [2.24, 2.45) is 20.5 Å². The van der Waals surface area contributed by atoms with Crippen LogP contribution in [0.15, 0.2) is 108 Å². The number of fused-ring (bicyclic) bond motifs is 2. The predicted octanol–water partition coefficient (Wildman–Crippen LogP) is 12.1. The summed E-state index contributed by atoms with van der Waals surface area (Å²) in [5.74, 6) is -1.47. The molecule has 40 heteroatoms. The molecule has 0 atom stereocenters. The molecular formula is C65H67N19O15S6. The van der Waals surface area contributed by atoms with E-state index in [4.69, 9.17) is 63.8 Å². The van der Waals surface area contributed by atoms with E-state index < -0.39 is 64.3 Å². The average Bonchev–Trinajstić information content (AvgIpc) is 1.63. The normalized spacial score (nSPS) is 14.8. The number of thiazole rings is 2. The molecule has 548 valence electrons. The molecule has 0 spiro atoms. The minimum atomic E-state index is -4.74. The molecule has 105 heavy (non-hydrogen) atoms. The monoisotopic (exact) mass is 1550 g/mol. The average molecular weight is 1550 g/mol. The van der Waals surface area contributed by atoms with Gasteiger partial charge in [-0.2, -0.15) is 51.9 Å². The van der Waals surface area contributed by atoms with Crippen LogP contribution >= 0.6 is 34.4 Å². The van der Waals surface area contributed by atoms with E-state index in [2.05, 4.69) is 35.5 Å². The number of anilines is 8. The van der Waals surface area contributed by atoms with Gasteiger partial charge in [-0.1, -0.05) is 47.9 Å². The maximum absolute atomic E-state index is 13.8. The van der Waals surface area contributed by atoms with Crippen LogP contribution in [0.2, 0.25) is 0 Å². The summed E-state index contributed by atoms with van der Waals surface area (Å²) in [6, 6.07) is 15.1. The van der Waals surface area contributed by atoms with Gasteiger partial charge in [-0.3, -0.25) is 18.7 Å². The van der Waals surface area contributed by atoms with Gasteiger partial charge in [0.2, 0.25) is 28.0 Å². The molecule has 4 N–H and O–H groups in total. The van der Waals surface area contributed by atoms with Crippen molar-refractivity contribution in [3.05, 3.63) is 116 Å². The number of nitrogens with zero attached hydrogens (tertiary/aromatic N) is 17. The molecular weight excluding hydrogens is 1480 g/mol. The fraction of sp³-hybridized carbons (Fsp3) is 0.338. The molecule has 4 aromatic carbocycles. The maximum Gasteiger partial charge on any atom is 0.425 e. The van der Waals surface area contributed by atoms with Crippen molar-refractivity contribution < 1.29 is 67.2 Å². The van der Waals surface area contributed by atoms with Crippen molar-refractivity contribution in [3.63, 3.8) is 0 Å². The lowest BCUT2D eigenvalue weighted by atomic mass is 10.1. The fourth-order valence-electron chi connectivity index (χ4n) is 11.8. The number of carbonyl (C=O) groups is 4. The Balaban J connectivity index is 0.00000288. The molecule has 0 unspecified atom stereocenters. The van der Waals surface area contributed by atoms with E-state index >= 15 is 0 Å². The summed E-state index contributed by atoms with van der Waals surface area (Å²) in [6.45, 7) is 23.0. The molecule has 0 aliphatic carbocycles. The molecule has 4 aliphatic heterocycles. The van der Waals surface area contributed by atoms with Gasteiger partial charge >= 0.3 is 22.4 Å². The third-order valence-corrected chi connectivity index (χ3v) is 20.9. The topological polar surface area (TPSA) is 432 Å². The summed E-state index contributed by atoms with van der Waals surface area (Å²) in [6.07, 6.45) is 8.06. The third-order valence-electron chi connectivity index (χ3n) is 16.8. The van der Waals surface area contributed by atoms with E-state index in [-0.39, 0.29) is 67.3 Å². The van der Waals surface area contributed by atoms with Gasteiger partial charge in [-0.15, -0.1) is 33.1 Å².